The maximum atomic E-state index is 11.9. The van der Waals surface area contributed by atoms with Crippen LogP contribution in [-0.2, 0) is 14.8 Å². The first-order valence-corrected chi connectivity index (χ1v) is 11.4. The lowest BCUT2D eigenvalue weighted by molar-refractivity contribution is -0.140. The Kier molecular flexibility index (Phi) is 8.69. The zero-order chi connectivity index (χ0) is 23.7. The molecule has 3 aromatic rings. The second-order valence-corrected chi connectivity index (χ2v) is 8.98. The molecule has 0 aliphatic rings. The molecule has 4 N–H and O–H groups in total. The summed E-state index contributed by atoms with van der Waals surface area (Å²) in [5, 5.41) is 8.93. The van der Waals surface area contributed by atoms with E-state index in [2.05, 4.69) is 4.72 Å². The summed E-state index contributed by atoms with van der Waals surface area (Å²) in [5.41, 5.74) is 7.76. The molecule has 1 atom stereocenters. The number of primary amides is 1. The predicted octanol–water partition coefficient (Wildman–Crippen LogP) is 3.53. The second-order valence-electron chi connectivity index (χ2n) is 7.27. The highest BCUT2D eigenvalue weighted by Crippen LogP contribution is 2.22. The van der Waals surface area contributed by atoms with E-state index in [0.717, 1.165) is 11.1 Å². The van der Waals surface area contributed by atoms with Gasteiger partial charge in [-0.15, -0.1) is 0 Å². The predicted molar refractivity (Wildman–Crippen MR) is 123 cm³/mol. The summed E-state index contributed by atoms with van der Waals surface area (Å²) >= 11 is 0. The van der Waals surface area contributed by atoms with Crippen LogP contribution in [0.5, 0.6) is 0 Å². The molecule has 0 aliphatic carbocycles. The number of hydrogen-bond donors (Lipinski definition) is 3. The fourth-order valence-corrected chi connectivity index (χ4v) is 4.23. The fraction of sp³-hybridized carbons (Fsp3) is 0.167. The smallest absolute Gasteiger partial charge is 0.322 e. The van der Waals surface area contributed by atoms with Crippen LogP contribution in [0, 0.1) is 5.92 Å². The maximum Gasteiger partial charge on any atom is 0.322 e. The molecular weight excluding hydrogens is 428 g/mol. The molecule has 0 saturated carbocycles. The zero-order valence-electron chi connectivity index (χ0n) is 17.8. The molecule has 1 amide bonds. The van der Waals surface area contributed by atoms with Crippen molar-refractivity contribution in [2.24, 2.45) is 11.7 Å². The van der Waals surface area contributed by atoms with Crippen LogP contribution < -0.4 is 10.5 Å². The first-order chi connectivity index (χ1) is 15.1. The summed E-state index contributed by atoms with van der Waals surface area (Å²) < 4.78 is 25.9. The summed E-state index contributed by atoms with van der Waals surface area (Å²) in [7, 11) is -3.78. The maximum absolute atomic E-state index is 11.9. The van der Waals surface area contributed by atoms with Crippen LogP contribution in [-0.4, -0.2) is 31.4 Å². The van der Waals surface area contributed by atoms with Gasteiger partial charge < -0.3 is 10.8 Å². The lowest BCUT2D eigenvalue weighted by Crippen LogP contribution is -2.44. The van der Waals surface area contributed by atoms with E-state index >= 15 is 0 Å². The number of nitrogens with one attached hydrogen (secondary N) is 1. The number of nitrogens with two attached hydrogens (primary N) is 1. The Morgan fingerprint density at radius 1 is 0.844 bits per heavy atom. The lowest BCUT2D eigenvalue weighted by atomic mass is 9.99. The van der Waals surface area contributed by atoms with Gasteiger partial charge in [0, 0.05) is 5.56 Å². The molecule has 168 valence electrons. The summed E-state index contributed by atoms with van der Waals surface area (Å²) in [4.78, 5) is 22.2. The molecule has 3 rings (SSSR count). The van der Waals surface area contributed by atoms with E-state index in [-0.39, 0.29) is 10.8 Å². The number of carboxylic acid groups (broad SMARTS) is 1. The molecule has 0 radical (unpaired) electrons. The normalized spacial score (nSPS) is 11.8. The molecule has 0 saturated heterocycles. The SMILES string of the molecule is CC(C)[C@H](NS(=O)(=O)c1ccccc1)C(=O)O.NC(=O)c1ccccc1-c1ccccc1. The topological polar surface area (TPSA) is 127 Å². The van der Waals surface area contributed by atoms with Crippen molar-refractivity contribution in [2.45, 2.75) is 24.8 Å². The lowest BCUT2D eigenvalue weighted by Gasteiger charge is -2.17. The van der Waals surface area contributed by atoms with E-state index in [1.165, 1.54) is 12.1 Å². The first-order valence-electron chi connectivity index (χ1n) is 9.88. The summed E-state index contributed by atoms with van der Waals surface area (Å²) in [6, 6.07) is 23.7. The third-order valence-corrected chi connectivity index (χ3v) is 6.00. The number of sulfonamides is 1. The Morgan fingerprint density at radius 3 is 1.84 bits per heavy atom. The molecule has 0 heterocycles. The Balaban J connectivity index is 0.000000228. The molecule has 0 unspecified atom stereocenters. The minimum absolute atomic E-state index is 0.0619. The van der Waals surface area contributed by atoms with E-state index in [1.807, 2.05) is 48.5 Å². The van der Waals surface area contributed by atoms with Crippen molar-refractivity contribution in [1.29, 1.82) is 0 Å². The molecule has 7 nitrogen and oxygen atoms in total. The summed E-state index contributed by atoms with van der Waals surface area (Å²) in [6.45, 7) is 3.29. The molecule has 3 aromatic carbocycles. The molecule has 0 spiro atoms. The first kappa shape index (κ1) is 24.8. The summed E-state index contributed by atoms with van der Waals surface area (Å²) in [5.74, 6) is -1.90. The number of benzene rings is 3. The van der Waals surface area contributed by atoms with Crippen LogP contribution in [0.25, 0.3) is 11.1 Å². The second kappa shape index (κ2) is 11.2. The number of aliphatic carboxylic acids is 1. The monoisotopic (exact) mass is 454 g/mol. The van der Waals surface area contributed by atoms with Gasteiger partial charge in [-0.3, -0.25) is 9.59 Å². The average molecular weight is 455 g/mol. The van der Waals surface area contributed by atoms with Crippen molar-refractivity contribution in [3.63, 3.8) is 0 Å². The molecule has 0 aromatic heterocycles. The molecule has 0 fully saturated rings. The van der Waals surface area contributed by atoms with Crippen molar-refractivity contribution in [3.05, 3.63) is 90.5 Å². The Labute approximate surface area is 188 Å². The highest BCUT2D eigenvalue weighted by Gasteiger charge is 2.27. The zero-order valence-corrected chi connectivity index (χ0v) is 18.6. The van der Waals surface area contributed by atoms with Gasteiger partial charge in [-0.25, -0.2) is 8.42 Å². The van der Waals surface area contributed by atoms with Crippen molar-refractivity contribution >= 4 is 21.9 Å². The van der Waals surface area contributed by atoms with Crippen LogP contribution in [0.4, 0.5) is 0 Å². The van der Waals surface area contributed by atoms with Gasteiger partial charge in [-0.1, -0.05) is 80.6 Å². The van der Waals surface area contributed by atoms with Crippen LogP contribution in [0.3, 0.4) is 0 Å². The van der Waals surface area contributed by atoms with Crippen LogP contribution in [0.15, 0.2) is 89.8 Å². The minimum atomic E-state index is -3.78. The molecule has 0 aliphatic heterocycles. The Morgan fingerprint density at radius 2 is 1.34 bits per heavy atom. The standard InChI is InChI=1S/C13H11NO.C11H15NO4S/c14-13(15)12-9-5-4-8-11(12)10-6-2-1-3-7-10;1-8(2)10(11(13)14)12-17(15,16)9-6-4-3-5-7-9/h1-9H,(H2,14,15);3-8,10,12H,1-2H3,(H,13,14)/t;10-/m.0/s1. The van der Waals surface area contributed by atoms with Gasteiger partial charge in [-0.05, 0) is 35.2 Å². The molecule has 32 heavy (non-hydrogen) atoms. The third-order valence-electron chi connectivity index (χ3n) is 4.55. The van der Waals surface area contributed by atoms with Gasteiger partial charge in [-0.2, -0.15) is 4.72 Å². The number of rotatable bonds is 7. The molecular formula is C24H26N2O5S. The fourth-order valence-electron chi connectivity index (χ4n) is 2.87. The third kappa shape index (κ3) is 6.76. The van der Waals surface area contributed by atoms with Gasteiger partial charge in [0.15, 0.2) is 0 Å². The van der Waals surface area contributed by atoms with Crippen LogP contribution >= 0.6 is 0 Å². The number of carbonyl (C=O) groups excluding carboxylic acids is 1. The van der Waals surface area contributed by atoms with E-state index < -0.39 is 27.9 Å². The Hall–Kier alpha value is -3.49. The van der Waals surface area contributed by atoms with Crippen LogP contribution in [0.2, 0.25) is 0 Å². The highest BCUT2D eigenvalue weighted by atomic mass is 32.2. The van der Waals surface area contributed by atoms with E-state index in [0.29, 0.717) is 5.56 Å². The van der Waals surface area contributed by atoms with Crippen molar-refractivity contribution in [1.82, 2.24) is 4.72 Å². The number of hydrogen-bond acceptors (Lipinski definition) is 4. The number of carboxylic acids is 1. The summed E-state index contributed by atoms with van der Waals surface area (Å²) in [6.07, 6.45) is 0. The largest absolute Gasteiger partial charge is 0.480 e. The van der Waals surface area contributed by atoms with Crippen molar-refractivity contribution < 1.29 is 23.1 Å². The van der Waals surface area contributed by atoms with E-state index in [1.54, 1.807) is 38.1 Å². The highest BCUT2D eigenvalue weighted by molar-refractivity contribution is 7.89. The van der Waals surface area contributed by atoms with Crippen molar-refractivity contribution in [2.75, 3.05) is 0 Å². The molecule has 0 bridgehead atoms. The van der Waals surface area contributed by atoms with Gasteiger partial charge in [0.25, 0.3) is 0 Å². The van der Waals surface area contributed by atoms with Gasteiger partial charge >= 0.3 is 5.97 Å². The van der Waals surface area contributed by atoms with E-state index in [9.17, 15) is 18.0 Å². The van der Waals surface area contributed by atoms with Crippen LogP contribution in [0.1, 0.15) is 24.2 Å². The van der Waals surface area contributed by atoms with Crippen molar-refractivity contribution in [3.8, 4) is 11.1 Å². The van der Waals surface area contributed by atoms with Gasteiger partial charge in [0.2, 0.25) is 15.9 Å². The minimum Gasteiger partial charge on any atom is -0.480 e. The van der Waals surface area contributed by atoms with E-state index in [4.69, 9.17) is 10.8 Å². The Bertz CT molecular complexity index is 1150. The van der Waals surface area contributed by atoms with Gasteiger partial charge in [0.05, 0.1) is 4.90 Å². The average Bonchev–Trinajstić information content (AvgIpc) is 2.79. The number of carbonyl (C=O) groups is 2. The van der Waals surface area contributed by atoms with Gasteiger partial charge in [0.1, 0.15) is 6.04 Å². The quantitative estimate of drug-likeness (QED) is 0.503. The number of amides is 1. The molecule has 8 heteroatoms.